The smallest absolute Gasteiger partial charge is 0.258 e. The third-order valence-corrected chi connectivity index (χ3v) is 3.82. The lowest BCUT2D eigenvalue weighted by atomic mass is 10.1. The first kappa shape index (κ1) is 14.9. The molecule has 2 aromatic carbocycles. The Kier molecular flexibility index (Phi) is 4.15. The van der Waals surface area contributed by atoms with Crippen LogP contribution in [0.25, 0.3) is 23.1 Å². The normalized spacial score (nSPS) is 11.2. The van der Waals surface area contributed by atoms with Gasteiger partial charge in [0.1, 0.15) is 6.54 Å². The van der Waals surface area contributed by atoms with Gasteiger partial charge < -0.3 is 0 Å². The second kappa shape index (κ2) is 6.40. The number of pyridine rings is 1. The lowest BCUT2D eigenvalue weighted by molar-refractivity contribution is -0.669. The number of hydrogen-bond donors (Lipinski definition) is 0. The van der Waals surface area contributed by atoms with Gasteiger partial charge in [-0.25, -0.2) is 0 Å². The molecule has 0 aliphatic heterocycles. The van der Waals surface area contributed by atoms with Crippen LogP contribution in [0.15, 0.2) is 60.7 Å². The first-order valence-corrected chi connectivity index (χ1v) is 7.53. The molecule has 114 valence electrons. The largest absolute Gasteiger partial charge is 0.270 e. The minimum atomic E-state index is -0.375. The molecule has 0 spiro atoms. The van der Waals surface area contributed by atoms with E-state index in [4.69, 9.17) is 0 Å². The predicted octanol–water partition coefficient (Wildman–Crippen LogP) is 4.23. The molecule has 0 unspecified atom stereocenters. The molecular weight excluding hydrogens is 288 g/mol. The molecular formula is C19H17N2O2+. The van der Waals surface area contributed by atoms with Gasteiger partial charge in [0.25, 0.3) is 5.69 Å². The van der Waals surface area contributed by atoms with Crippen molar-refractivity contribution in [1.82, 2.24) is 0 Å². The topological polar surface area (TPSA) is 47.0 Å². The number of aryl methyl sites for hydroxylation is 1. The highest BCUT2D eigenvalue weighted by Crippen LogP contribution is 2.16. The van der Waals surface area contributed by atoms with Crippen molar-refractivity contribution in [3.05, 3.63) is 82.0 Å². The Bertz CT molecular complexity index is 901. The number of nitrogens with zero attached hydrogens (tertiary/aromatic N) is 2. The number of nitro benzene ring substituents is 1. The monoisotopic (exact) mass is 305 g/mol. The van der Waals surface area contributed by atoms with E-state index in [1.165, 1.54) is 17.0 Å². The maximum absolute atomic E-state index is 10.9. The molecule has 3 aromatic rings. The third kappa shape index (κ3) is 3.11. The van der Waals surface area contributed by atoms with E-state index in [0.29, 0.717) is 0 Å². The van der Waals surface area contributed by atoms with Gasteiger partial charge in [0.05, 0.1) is 4.92 Å². The van der Waals surface area contributed by atoms with Gasteiger partial charge in [-0.1, -0.05) is 24.3 Å². The molecule has 0 saturated carbocycles. The average molecular weight is 305 g/mol. The van der Waals surface area contributed by atoms with Crippen molar-refractivity contribution in [2.45, 2.75) is 13.5 Å². The van der Waals surface area contributed by atoms with Gasteiger partial charge in [-0.05, 0) is 30.7 Å². The zero-order chi connectivity index (χ0) is 16.2. The first-order valence-electron chi connectivity index (χ1n) is 7.53. The van der Waals surface area contributed by atoms with Gasteiger partial charge in [0.2, 0.25) is 11.2 Å². The van der Waals surface area contributed by atoms with Crippen molar-refractivity contribution in [2.75, 3.05) is 0 Å². The van der Waals surface area contributed by atoms with Crippen molar-refractivity contribution >= 4 is 28.7 Å². The van der Waals surface area contributed by atoms with Crippen LogP contribution in [-0.2, 0) is 6.54 Å². The van der Waals surface area contributed by atoms with Gasteiger partial charge in [-0.3, -0.25) is 10.1 Å². The highest BCUT2D eigenvalue weighted by molar-refractivity contribution is 5.77. The number of nitro groups is 1. The van der Waals surface area contributed by atoms with E-state index in [9.17, 15) is 10.1 Å². The summed E-state index contributed by atoms with van der Waals surface area (Å²) in [5.41, 5.74) is 3.16. The summed E-state index contributed by atoms with van der Waals surface area (Å²) < 4.78 is 2.23. The van der Waals surface area contributed by atoms with Crippen molar-refractivity contribution in [3.63, 3.8) is 0 Å². The molecule has 0 atom stereocenters. The summed E-state index contributed by atoms with van der Waals surface area (Å²) in [7, 11) is 0. The number of fused-ring (bicyclic) bond motifs is 1. The number of rotatable bonds is 4. The summed E-state index contributed by atoms with van der Waals surface area (Å²) in [5, 5.41) is 12.0. The molecule has 4 heteroatoms. The van der Waals surface area contributed by atoms with E-state index in [0.717, 1.165) is 17.8 Å². The maximum atomic E-state index is 10.9. The first-order chi connectivity index (χ1) is 11.2. The average Bonchev–Trinajstić information content (AvgIpc) is 2.59. The van der Waals surface area contributed by atoms with Crippen LogP contribution in [0.1, 0.15) is 18.2 Å². The zero-order valence-electron chi connectivity index (χ0n) is 12.8. The molecule has 0 fully saturated rings. The van der Waals surface area contributed by atoms with Crippen molar-refractivity contribution in [2.24, 2.45) is 0 Å². The molecule has 0 saturated heterocycles. The molecule has 0 bridgehead atoms. The van der Waals surface area contributed by atoms with Crippen molar-refractivity contribution in [3.8, 4) is 0 Å². The van der Waals surface area contributed by atoms with Crippen LogP contribution in [0, 0.1) is 10.1 Å². The lowest BCUT2D eigenvalue weighted by Gasteiger charge is -2.02. The second-order valence-corrected chi connectivity index (χ2v) is 5.25. The van der Waals surface area contributed by atoms with Crippen LogP contribution >= 0.6 is 0 Å². The number of aromatic nitrogens is 1. The Balaban J connectivity index is 2.01. The molecule has 0 aliphatic rings. The maximum Gasteiger partial charge on any atom is 0.270 e. The van der Waals surface area contributed by atoms with E-state index < -0.39 is 0 Å². The number of benzene rings is 2. The molecule has 3 rings (SSSR count). The van der Waals surface area contributed by atoms with Crippen molar-refractivity contribution < 1.29 is 9.49 Å². The van der Waals surface area contributed by atoms with Gasteiger partial charge in [-0.2, -0.15) is 4.57 Å². The Morgan fingerprint density at radius 3 is 2.65 bits per heavy atom. The van der Waals surface area contributed by atoms with Gasteiger partial charge in [-0.15, -0.1) is 0 Å². The van der Waals surface area contributed by atoms with Crippen LogP contribution in [0.5, 0.6) is 0 Å². The summed E-state index contributed by atoms with van der Waals surface area (Å²) in [6.45, 7) is 2.97. The van der Waals surface area contributed by atoms with Crippen LogP contribution in [0.3, 0.4) is 0 Å². The molecule has 0 N–H and O–H groups in total. The molecule has 0 radical (unpaired) electrons. The molecule has 4 nitrogen and oxygen atoms in total. The summed E-state index contributed by atoms with van der Waals surface area (Å²) in [5.74, 6) is 0. The van der Waals surface area contributed by atoms with Crippen LogP contribution in [0.4, 0.5) is 5.69 Å². The molecule has 1 aromatic heterocycles. The van der Waals surface area contributed by atoms with Gasteiger partial charge in [0.15, 0.2) is 0 Å². The molecule has 0 amide bonds. The SMILES string of the molecule is CC[n+]1c(/C=C/c2cccc([N+](=O)[O-])c2)ccc2ccccc21. The summed E-state index contributed by atoms with van der Waals surface area (Å²) >= 11 is 0. The Labute approximate surface area is 134 Å². The van der Waals surface area contributed by atoms with Gasteiger partial charge >= 0.3 is 0 Å². The van der Waals surface area contributed by atoms with E-state index in [2.05, 4.69) is 35.8 Å². The van der Waals surface area contributed by atoms with Crippen molar-refractivity contribution in [1.29, 1.82) is 0 Å². The highest BCUT2D eigenvalue weighted by atomic mass is 16.6. The minimum Gasteiger partial charge on any atom is -0.258 e. The molecule has 23 heavy (non-hydrogen) atoms. The van der Waals surface area contributed by atoms with Crippen LogP contribution in [-0.4, -0.2) is 4.92 Å². The Hall–Kier alpha value is -3.01. The number of hydrogen-bond acceptors (Lipinski definition) is 2. The second-order valence-electron chi connectivity index (χ2n) is 5.25. The Morgan fingerprint density at radius 2 is 1.87 bits per heavy atom. The summed E-state index contributed by atoms with van der Waals surface area (Å²) in [6, 6.07) is 19.1. The lowest BCUT2D eigenvalue weighted by Crippen LogP contribution is -2.36. The molecule has 0 aliphatic carbocycles. The van der Waals surface area contributed by atoms with E-state index in [1.54, 1.807) is 12.1 Å². The Morgan fingerprint density at radius 1 is 1.04 bits per heavy atom. The van der Waals surface area contributed by atoms with E-state index in [-0.39, 0.29) is 10.6 Å². The zero-order valence-corrected chi connectivity index (χ0v) is 12.8. The third-order valence-electron chi connectivity index (χ3n) is 3.82. The van der Waals surface area contributed by atoms with Crippen LogP contribution in [0.2, 0.25) is 0 Å². The quantitative estimate of drug-likeness (QED) is 0.411. The fourth-order valence-electron chi connectivity index (χ4n) is 2.70. The highest BCUT2D eigenvalue weighted by Gasteiger charge is 2.11. The fourth-order valence-corrected chi connectivity index (χ4v) is 2.70. The number of para-hydroxylation sites is 1. The summed E-state index contributed by atoms with van der Waals surface area (Å²) in [4.78, 5) is 10.5. The van der Waals surface area contributed by atoms with E-state index in [1.807, 2.05) is 30.4 Å². The summed E-state index contributed by atoms with van der Waals surface area (Å²) in [6.07, 6.45) is 3.90. The molecule has 1 heterocycles. The van der Waals surface area contributed by atoms with E-state index >= 15 is 0 Å². The predicted molar refractivity (Wildman–Crippen MR) is 91.8 cm³/mol. The standard InChI is InChI=1S/C19H17N2O2/c1-2-20-17(13-11-16-7-3-4-9-19(16)20)12-10-15-6-5-8-18(14-15)21(22)23/h3-14H,2H2,1H3/q+1/b12-10+. The fraction of sp³-hybridized carbons (Fsp3) is 0.105. The van der Waals surface area contributed by atoms with Crippen LogP contribution < -0.4 is 4.57 Å². The minimum absolute atomic E-state index is 0.106. The number of non-ortho nitro benzene ring substituents is 1. The van der Waals surface area contributed by atoms with Gasteiger partial charge in [0, 0.05) is 35.7 Å².